The van der Waals surface area contributed by atoms with Gasteiger partial charge in [-0.1, -0.05) is 0 Å². The van der Waals surface area contributed by atoms with E-state index in [4.69, 9.17) is 34.6 Å². The summed E-state index contributed by atoms with van der Waals surface area (Å²) in [6.45, 7) is 3.21. The third-order valence-corrected chi connectivity index (χ3v) is 9.34. The van der Waals surface area contributed by atoms with Gasteiger partial charge in [0.25, 0.3) is 6.01 Å². The van der Waals surface area contributed by atoms with Crippen LogP contribution < -0.4 is 25.4 Å². The fourth-order valence-electron chi connectivity index (χ4n) is 7.47. The van der Waals surface area contributed by atoms with E-state index in [-0.39, 0.29) is 28.7 Å². The van der Waals surface area contributed by atoms with Gasteiger partial charge in [-0.3, -0.25) is 4.90 Å². The second-order valence-electron chi connectivity index (χ2n) is 12.0. The van der Waals surface area contributed by atoms with Crippen molar-refractivity contribution in [3.05, 3.63) is 24.0 Å². The Morgan fingerprint density at radius 3 is 2.74 bits per heavy atom. The van der Waals surface area contributed by atoms with Crippen molar-refractivity contribution < 1.29 is 22.7 Å². The highest BCUT2D eigenvalue weighted by molar-refractivity contribution is 5.97. The van der Waals surface area contributed by atoms with Crippen molar-refractivity contribution in [3.63, 3.8) is 0 Å². The number of ether oxygens (including phenoxy) is 2. The van der Waals surface area contributed by atoms with Crippen LogP contribution in [0.4, 0.5) is 20.6 Å². The molecule has 0 aliphatic carbocycles. The standard InChI is InChI=1S/C29H32F2N8O3/c1-40-26-19(18-5-6-20(31)24-22(18)36-27(32)42-24)9-21-23(35-26)25(38-12-16-3-4-17(13-38)33-16)37-28(34-21)41-14-29-7-2-8-39(29)11-15(30)10-29/h5-6,9,15-17,33H,2-4,7-8,10-14H2,1H3,(H2,32,36)/t15-,16?,17?,29+/m1/s1. The van der Waals surface area contributed by atoms with Gasteiger partial charge in [0.1, 0.15) is 23.8 Å². The second kappa shape index (κ2) is 9.60. The molecule has 2 bridgehead atoms. The molecule has 3 N–H and O–H groups in total. The number of nitrogens with zero attached hydrogens (tertiary/aromatic N) is 6. The molecule has 4 aliphatic rings. The van der Waals surface area contributed by atoms with Crippen LogP contribution in [0, 0.1) is 5.82 Å². The lowest BCUT2D eigenvalue weighted by Gasteiger charge is -2.34. The average molecular weight is 579 g/mol. The average Bonchev–Trinajstić information content (AvgIpc) is 3.73. The van der Waals surface area contributed by atoms with Crippen LogP contribution in [0.25, 0.3) is 33.3 Å². The normalized spacial score (nSPS) is 27.3. The number of benzene rings is 1. The van der Waals surface area contributed by atoms with E-state index in [1.54, 1.807) is 6.07 Å². The minimum atomic E-state index is -0.851. The maximum Gasteiger partial charge on any atom is 0.319 e. The summed E-state index contributed by atoms with van der Waals surface area (Å²) < 4.78 is 46.3. The number of hydrogen-bond acceptors (Lipinski definition) is 11. The number of oxazole rings is 1. The molecule has 0 radical (unpaired) electrons. The Morgan fingerprint density at radius 2 is 1.93 bits per heavy atom. The van der Waals surface area contributed by atoms with E-state index in [1.807, 2.05) is 6.07 Å². The van der Waals surface area contributed by atoms with Crippen LogP contribution in [0.1, 0.15) is 32.1 Å². The van der Waals surface area contributed by atoms with Gasteiger partial charge >= 0.3 is 6.01 Å². The number of fused-ring (bicyclic) bond motifs is 5. The Hall–Kier alpha value is -3.84. The first-order valence-electron chi connectivity index (χ1n) is 14.5. The molecule has 3 aromatic heterocycles. The summed E-state index contributed by atoms with van der Waals surface area (Å²) in [5.41, 5.74) is 7.88. The molecule has 1 aromatic carbocycles. The van der Waals surface area contributed by atoms with E-state index in [1.165, 1.54) is 13.2 Å². The van der Waals surface area contributed by atoms with E-state index in [0.29, 0.717) is 65.5 Å². The smallest absolute Gasteiger partial charge is 0.319 e. The Bertz CT molecular complexity index is 1690. The molecule has 4 aromatic rings. The molecule has 4 fully saturated rings. The number of nitrogens with two attached hydrogens (primary N) is 1. The summed E-state index contributed by atoms with van der Waals surface area (Å²) in [7, 11) is 1.53. The fraction of sp³-hybridized carbons (Fsp3) is 0.517. The number of piperazine rings is 1. The molecular formula is C29H32F2N8O3. The molecule has 0 saturated carbocycles. The summed E-state index contributed by atoms with van der Waals surface area (Å²) in [6, 6.07) is 5.56. The fourth-order valence-corrected chi connectivity index (χ4v) is 7.47. The van der Waals surface area contributed by atoms with Crippen molar-refractivity contribution >= 4 is 34.0 Å². The van der Waals surface area contributed by atoms with Gasteiger partial charge < -0.3 is 29.8 Å². The van der Waals surface area contributed by atoms with Gasteiger partial charge in [0.05, 0.1) is 18.2 Å². The van der Waals surface area contributed by atoms with Crippen molar-refractivity contribution in [1.29, 1.82) is 0 Å². The van der Waals surface area contributed by atoms with Gasteiger partial charge in [-0.2, -0.15) is 15.0 Å². The van der Waals surface area contributed by atoms with Crippen LogP contribution in [0.5, 0.6) is 11.9 Å². The molecule has 4 saturated heterocycles. The monoisotopic (exact) mass is 578 g/mol. The van der Waals surface area contributed by atoms with Crippen LogP contribution in [0.15, 0.2) is 22.6 Å². The molecule has 0 spiro atoms. The minimum Gasteiger partial charge on any atom is -0.481 e. The number of anilines is 2. The summed E-state index contributed by atoms with van der Waals surface area (Å²) in [4.78, 5) is 23.3. The van der Waals surface area contributed by atoms with Gasteiger partial charge in [-0.15, -0.1) is 0 Å². The lowest BCUT2D eigenvalue weighted by Crippen LogP contribution is -2.51. The molecule has 4 aliphatic heterocycles. The SMILES string of the molecule is COc1nc2c(N3CC4CCC(C3)N4)nc(OC[C@@]34CCCN3C[C@H](F)C4)nc2cc1-c1ccc(F)c2oc(N)nc12. The zero-order chi connectivity index (χ0) is 28.6. The van der Waals surface area contributed by atoms with Crippen LogP contribution >= 0.6 is 0 Å². The molecule has 8 rings (SSSR count). The first-order valence-corrected chi connectivity index (χ1v) is 14.5. The number of nitrogen functional groups attached to an aromatic ring is 1. The summed E-state index contributed by atoms with van der Waals surface area (Å²) in [6.07, 6.45) is 3.74. The summed E-state index contributed by atoms with van der Waals surface area (Å²) in [5, 5.41) is 3.66. The first-order chi connectivity index (χ1) is 20.4. The number of alkyl halides is 1. The number of pyridine rings is 1. The maximum absolute atomic E-state index is 14.5. The highest BCUT2D eigenvalue weighted by Gasteiger charge is 2.49. The zero-order valence-corrected chi connectivity index (χ0v) is 23.3. The maximum atomic E-state index is 14.5. The predicted octanol–water partition coefficient (Wildman–Crippen LogP) is 3.46. The highest BCUT2D eigenvalue weighted by atomic mass is 19.1. The Morgan fingerprint density at radius 1 is 1.10 bits per heavy atom. The summed E-state index contributed by atoms with van der Waals surface area (Å²) >= 11 is 0. The van der Waals surface area contributed by atoms with E-state index in [9.17, 15) is 8.78 Å². The number of nitrogens with one attached hydrogen (secondary N) is 1. The van der Waals surface area contributed by atoms with Gasteiger partial charge in [-0.05, 0) is 50.4 Å². The van der Waals surface area contributed by atoms with Gasteiger partial charge in [0, 0.05) is 49.3 Å². The number of halogens is 2. The molecule has 7 heterocycles. The van der Waals surface area contributed by atoms with Gasteiger partial charge in [0.2, 0.25) is 5.88 Å². The van der Waals surface area contributed by atoms with E-state index >= 15 is 0 Å². The van der Waals surface area contributed by atoms with E-state index < -0.39 is 12.0 Å². The molecular weight excluding hydrogens is 546 g/mol. The molecule has 4 atom stereocenters. The quantitative estimate of drug-likeness (QED) is 0.349. The first kappa shape index (κ1) is 25.8. The Kier molecular flexibility index (Phi) is 5.90. The topological polar surface area (TPSA) is 128 Å². The largest absolute Gasteiger partial charge is 0.481 e. The van der Waals surface area contributed by atoms with Crippen LogP contribution in [-0.4, -0.2) is 88.5 Å². The molecule has 2 unspecified atom stereocenters. The third-order valence-electron chi connectivity index (χ3n) is 9.34. The lowest BCUT2D eigenvalue weighted by atomic mass is 9.95. The van der Waals surface area contributed by atoms with Crippen LogP contribution in [-0.2, 0) is 0 Å². The highest BCUT2D eigenvalue weighted by Crippen LogP contribution is 2.42. The molecule has 220 valence electrons. The molecule has 42 heavy (non-hydrogen) atoms. The van der Waals surface area contributed by atoms with Gasteiger partial charge in [-0.25, -0.2) is 13.8 Å². The van der Waals surface area contributed by atoms with E-state index in [2.05, 4.69) is 20.1 Å². The predicted molar refractivity (Wildman–Crippen MR) is 152 cm³/mol. The number of methoxy groups -OCH3 is 1. The van der Waals surface area contributed by atoms with Crippen molar-refractivity contribution in [2.24, 2.45) is 0 Å². The third kappa shape index (κ3) is 4.12. The number of hydrogen-bond donors (Lipinski definition) is 2. The van der Waals surface area contributed by atoms with Crippen LogP contribution in [0.3, 0.4) is 0 Å². The van der Waals surface area contributed by atoms with E-state index in [0.717, 1.165) is 45.3 Å². The number of rotatable bonds is 6. The Balaban J connectivity index is 1.25. The Labute approximate surface area is 240 Å². The molecule has 11 nitrogen and oxygen atoms in total. The van der Waals surface area contributed by atoms with Gasteiger partial charge in [0.15, 0.2) is 17.2 Å². The minimum absolute atomic E-state index is 0.0426. The van der Waals surface area contributed by atoms with Crippen molar-refractivity contribution in [3.8, 4) is 23.0 Å². The zero-order valence-electron chi connectivity index (χ0n) is 23.3. The van der Waals surface area contributed by atoms with Crippen molar-refractivity contribution in [2.75, 3.05) is 50.5 Å². The molecule has 0 amide bonds. The lowest BCUT2D eigenvalue weighted by molar-refractivity contribution is 0.107. The van der Waals surface area contributed by atoms with Crippen molar-refractivity contribution in [1.82, 2.24) is 30.2 Å². The second-order valence-corrected chi connectivity index (χ2v) is 12.0. The molecule has 13 heteroatoms. The van der Waals surface area contributed by atoms with Crippen LogP contribution in [0.2, 0.25) is 0 Å². The summed E-state index contributed by atoms with van der Waals surface area (Å²) in [5.74, 6) is 0.417. The van der Waals surface area contributed by atoms with Crippen molar-refractivity contribution in [2.45, 2.75) is 55.9 Å². The number of aromatic nitrogens is 4.